The standard InChI is InChI=1S/C21H24N4.HI/c1-22-21(25-15-12-18-6-2-3-7-20(18)25)23-16-17-8-10-19(11-9-17)24-13-4-5-14-24;/h2-11H,12-16H2,1H3,(H,22,23);1H. The summed E-state index contributed by atoms with van der Waals surface area (Å²) in [5.74, 6) is 0.942. The van der Waals surface area contributed by atoms with E-state index in [2.05, 4.69) is 80.8 Å². The maximum absolute atomic E-state index is 4.48. The van der Waals surface area contributed by atoms with E-state index in [1.807, 2.05) is 7.05 Å². The number of anilines is 2. The quantitative estimate of drug-likeness (QED) is 0.327. The number of fused-ring (bicyclic) bond motifs is 1. The van der Waals surface area contributed by atoms with Crippen molar-refractivity contribution in [1.82, 2.24) is 5.32 Å². The lowest BCUT2D eigenvalue weighted by atomic mass is 10.2. The molecule has 136 valence electrons. The Morgan fingerprint density at radius 3 is 2.50 bits per heavy atom. The van der Waals surface area contributed by atoms with Gasteiger partial charge in [0.1, 0.15) is 0 Å². The molecule has 0 atom stereocenters. The van der Waals surface area contributed by atoms with Crippen molar-refractivity contribution in [2.45, 2.75) is 13.0 Å². The second-order valence-electron chi connectivity index (χ2n) is 6.47. The summed E-state index contributed by atoms with van der Waals surface area (Å²) in [5, 5.41) is 3.51. The highest BCUT2D eigenvalue weighted by atomic mass is 127. The van der Waals surface area contributed by atoms with Gasteiger partial charge in [0.15, 0.2) is 5.96 Å². The molecule has 0 bridgehead atoms. The summed E-state index contributed by atoms with van der Waals surface area (Å²) < 4.78 is 0. The molecule has 0 saturated carbocycles. The molecule has 2 aromatic carbocycles. The van der Waals surface area contributed by atoms with Gasteiger partial charge in [-0.05, 0) is 35.7 Å². The summed E-state index contributed by atoms with van der Waals surface area (Å²) >= 11 is 0. The zero-order valence-electron chi connectivity index (χ0n) is 15.1. The molecule has 4 nitrogen and oxygen atoms in total. The highest BCUT2D eigenvalue weighted by Gasteiger charge is 2.22. The second-order valence-corrected chi connectivity index (χ2v) is 6.47. The van der Waals surface area contributed by atoms with Gasteiger partial charge in [0.25, 0.3) is 0 Å². The molecule has 0 unspecified atom stereocenters. The van der Waals surface area contributed by atoms with E-state index in [0.717, 1.165) is 38.6 Å². The van der Waals surface area contributed by atoms with Gasteiger partial charge in [-0.2, -0.15) is 0 Å². The summed E-state index contributed by atoms with van der Waals surface area (Å²) in [6.07, 6.45) is 5.51. The molecule has 0 saturated heterocycles. The Morgan fingerprint density at radius 2 is 1.77 bits per heavy atom. The van der Waals surface area contributed by atoms with Crippen molar-refractivity contribution in [3.63, 3.8) is 0 Å². The summed E-state index contributed by atoms with van der Waals surface area (Å²) in [7, 11) is 1.85. The smallest absolute Gasteiger partial charge is 0.198 e. The van der Waals surface area contributed by atoms with E-state index >= 15 is 0 Å². The molecule has 0 amide bonds. The van der Waals surface area contributed by atoms with Crippen LogP contribution in [0.5, 0.6) is 0 Å². The number of nitrogens with one attached hydrogen (secondary N) is 1. The molecule has 0 spiro atoms. The van der Waals surface area contributed by atoms with E-state index < -0.39 is 0 Å². The maximum atomic E-state index is 4.48. The third kappa shape index (κ3) is 3.87. The molecule has 2 aliphatic rings. The summed E-state index contributed by atoms with van der Waals surface area (Å²) in [5.41, 5.74) is 5.22. The van der Waals surface area contributed by atoms with Crippen molar-refractivity contribution in [3.05, 3.63) is 71.8 Å². The first-order chi connectivity index (χ1) is 12.3. The van der Waals surface area contributed by atoms with Gasteiger partial charge in [-0.25, -0.2) is 0 Å². The van der Waals surface area contributed by atoms with Gasteiger partial charge in [-0.1, -0.05) is 42.5 Å². The number of para-hydroxylation sites is 1. The molecular weight excluding hydrogens is 435 g/mol. The lowest BCUT2D eigenvalue weighted by Crippen LogP contribution is -2.40. The van der Waals surface area contributed by atoms with Crippen LogP contribution in [-0.2, 0) is 13.0 Å². The summed E-state index contributed by atoms with van der Waals surface area (Å²) in [4.78, 5) is 9.12. The number of hydrogen-bond acceptors (Lipinski definition) is 2. The van der Waals surface area contributed by atoms with Crippen molar-refractivity contribution in [1.29, 1.82) is 0 Å². The third-order valence-corrected chi connectivity index (χ3v) is 4.93. The van der Waals surface area contributed by atoms with Crippen LogP contribution >= 0.6 is 24.0 Å². The molecule has 2 heterocycles. The number of rotatable bonds is 3. The Kier molecular flexibility index (Phi) is 6.19. The Hall–Kier alpha value is -2.02. The first-order valence-electron chi connectivity index (χ1n) is 8.90. The van der Waals surface area contributed by atoms with Gasteiger partial charge >= 0.3 is 0 Å². The molecule has 2 aliphatic heterocycles. The lowest BCUT2D eigenvalue weighted by molar-refractivity contribution is 0.866. The molecule has 0 aliphatic carbocycles. The van der Waals surface area contributed by atoms with Crippen molar-refractivity contribution in [2.24, 2.45) is 4.99 Å². The molecule has 1 N–H and O–H groups in total. The molecule has 2 aromatic rings. The van der Waals surface area contributed by atoms with Crippen LogP contribution in [0.2, 0.25) is 0 Å². The highest BCUT2D eigenvalue weighted by molar-refractivity contribution is 14.0. The molecule has 5 heteroatoms. The fourth-order valence-corrected chi connectivity index (χ4v) is 3.55. The predicted molar refractivity (Wildman–Crippen MR) is 121 cm³/mol. The van der Waals surface area contributed by atoms with Gasteiger partial charge in [0.2, 0.25) is 0 Å². The maximum Gasteiger partial charge on any atom is 0.198 e. The van der Waals surface area contributed by atoms with Crippen LogP contribution < -0.4 is 15.1 Å². The largest absolute Gasteiger partial charge is 0.364 e. The monoisotopic (exact) mass is 460 g/mol. The topological polar surface area (TPSA) is 30.9 Å². The van der Waals surface area contributed by atoms with E-state index in [9.17, 15) is 0 Å². The van der Waals surface area contributed by atoms with E-state index in [1.54, 1.807) is 0 Å². The van der Waals surface area contributed by atoms with E-state index in [-0.39, 0.29) is 24.0 Å². The number of nitrogens with zero attached hydrogens (tertiary/aromatic N) is 3. The zero-order chi connectivity index (χ0) is 17.1. The average molecular weight is 460 g/mol. The van der Waals surface area contributed by atoms with Gasteiger partial charge in [-0.3, -0.25) is 4.99 Å². The molecule has 0 radical (unpaired) electrons. The van der Waals surface area contributed by atoms with Crippen LogP contribution in [0.4, 0.5) is 11.4 Å². The highest BCUT2D eigenvalue weighted by Crippen LogP contribution is 2.27. The van der Waals surface area contributed by atoms with Crippen molar-refractivity contribution >= 4 is 41.3 Å². The van der Waals surface area contributed by atoms with Gasteiger partial charge in [-0.15, -0.1) is 24.0 Å². The number of aliphatic imine (C=N–C) groups is 1. The lowest BCUT2D eigenvalue weighted by Gasteiger charge is -2.22. The van der Waals surface area contributed by atoms with Gasteiger partial charge in [0, 0.05) is 44.6 Å². The minimum absolute atomic E-state index is 0. The Labute approximate surface area is 172 Å². The number of guanidine groups is 1. The van der Waals surface area contributed by atoms with Crippen LogP contribution in [0, 0.1) is 0 Å². The van der Waals surface area contributed by atoms with E-state index in [0.29, 0.717) is 0 Å². The summed E-state index contributed by atoms with van der Waals surface area (Å²) in [6.45, 7) is 3.79. The predicted octanol–water partition coefficient (Wildman–Crippen LogP) is 3.82. The first-order valence-corrected chi connectivity index (χ1v) is 8.90. The van der Waals surface area contributed by atoms with Crippen LogP contribution in [-0.4, -0.2) is 32.6 Å². The normalized spacial score (nSPS) is 15.8. The Morgan fingerprint density at radius 1 is 1.04 bits per heavy atom. The van der Waals surface area contributed by atoms with Crippen molar-refractivity contribution in [3.8, 4) is 0 Å². The van der Waals surface area contributed by atoms with Gasteiger partial charge < -0.3 is 15.1 Å². The fraction of sp³-hybridized carbons (Fsp3) is 0.286. The van der Waals surface area contributed by atoms with Crippen LogP contribution in [0.3, 0.4) is 0 Å². The number of benzene rings is 2. The first kappa shape index (κ1) is 18.8. The minimum atomic E-state index is 0. The second kappa shape index (κ2) is 8.58. The third-order valence-electron chi connectivity index (χ3n) is 4.93. The SMILES string of the molecule is CN=C(NCc1ccc(N2CC=CC2)cc1)N1CCc2ccccc21.I. The molecule has 4 rings (SSSR count). The molecular formula is C21H25IN4. The zero-order valence-corrected chi connectivity index (χ0v) is 17.4. The summed E-state index contributed by atoms with van der Waals surface area (Å²) in [6, 6.07) is 17.4. The fourth-order valence-electron chi connectivity index (χ4n) is 3.55. The van der Waals surface area contributed by atoms with E-state index in [1.165, 1.54) is 22.5 Å². The number of hydrogen-bond donors (Lipinski definition) is 1. The van der Waals surface area contributed by atoms with Crippen LogP contribution in [0.25, 0.3) is 0 Å². The average Bonchev–Trinajstić information content (AvgIpc) is 3.33. The molecule has 0 fully saturated rings. The number of halogens is 1. The Balaban J connectivity index is 0.00000196. The Bertz CT molecular complexity index is 790. The molecule has 0 aromatic heterocycles. The minimum Gasteiger partial charge on any atom is -0.364 e. The van der Waals surface area contributed by atoms with Crippen LogP contribution in [0.1, 0.15) is 11.1 Å². The van der Waals surface area contributed by atoms with E-state index in [4.69, 9.17) is 0 Å². The van der Waals surface area contributed by atoms with Crippen LogP contribution in [0.15, 0.2) is 65.7 Å². The van der Waals surface area contributed by atoms with Gasteiger partial charge in [0.05, 0.1) is 0 Å². The molecule has 26 heavy (non-hydrogen) atoms. The van der Waals surface area contributed by atoms with Crippen molar-refractivity contribution < 1.29 is 0 Å². The van der Waals surface area contributed by atoms with Crippen molar-refractivity contribution in [2.75, 3.05) is 36.5 Å².